The Labute approximate surface area is 105 Å². The summed E-state index contributed by atoms with van der Waals surface area (Å²) < 4.78 is 0. The molecule has 0 spiro atoms. The zero-order valence-corrected chi connectivity index (χ0v) is 10.2. The number of carbonyl (C=O) groups excluding carboxylic acids is 2. The van der Waals surface area contributed by atoms with Gasteiger partial charge in [-0.25, -0.2) is 9.79 Å². The van der Waals surface area contributed by atoms with E-state index in [4.69, 9.17) is 11.5 Å². The fourth-order valence-electron chi connectivity index (χ4n) is 1.33. The number of guanidine groups is 1. The summed E-state index contributed by atoms with van der Waals surface area (Å²) in [6.07, 6.45) is 1.92. The zero-order valence-electron chi connectivity index (χ0n) is 10.2. The third kappa shape index (κ3) is 3.93. The first-order valence-electron chi connectivity index (χ1n) is 5.71. The molecule has 7 nitrogen and oxygen atoms in total. The van der Waals surface area contributed by atoms with Crippen LogP contribution in [0.4, 0.5) is 0 Å². The van der Waals surface area contributed by atoms with Crippen molar-refractivity contribution < 1.29 is 14.6 Å². The van der Waals surface area contributed by atoms with Crippen molar-refractivity contribution in [2.75, 3.05) is 6.54 Å². The second kappa shape index (κ2) is 6.43. The van der Waals surface area contributed by atoms with Gasteiger partial charge < -0.3 is 10.3 Å². The first kappa shape index (κ1) is 13.8. The Morgan fingerprint density at radius 1 is 1.33 bits per heavy atom. The molecule has 0 atom stereocenters. The van der Waals surface area contributed by atoms with Crippen molar-refractivity contribution in [2.45, 2.75) is 19.8 Å². The van der Waals surface area contributed by atoms with Gasteiger partial charge in [-0.15, -0.1) is 0 Å². The summed E-state index contributed by atoms with van der Waals surface area (Å²) in [6, 6.07) is 3.02. The Morgan fingerprint density at radius 2 is 2.00 bits per heavy atom. The van der Waals surface area contributed by atoms with Crippen molar-refractivity contribution in [1.82, 2.24) is 10.3 Å². The van der Waals surface area contributed by atoms with Gasteiger partial charge in [0.05, 0.1) is 0 Å². The Bertz CT molecular complexity index is 460. The normalized spacial score (nSPS) is 9.83. The van der Waals surface area contributed by atoms with Crippen LogP contribution in [0, 0.1) is 0 Å². The van der Waals surface area contributed by atoms with Gasteiger partial charge in [0, 0.05) is 6.54 Å². The van der Waals surface area contributed by atoms with Crippen LogP contribution >= 0.6 is 0 Å². The van der Waals surface area contributed by atoms with Crippen molar-refractivity contribution in [3.63, 3.8) is 0 Å². The van der Waals surface area contributed by atoms with E-state index in [0.717, 1.165) is 12.8 Å². The van der Waals surface area contributed by atoms with Crippen LogP contribution < -0.4 is 21.8 Å². The molecule has 1 aromatic heterocycles. The van der Waals surface area contributed by atoms with E-state index in [2.05, 4.69) is 15.3 Å². The van der Waals surface area contributed by atoms with Crippen molar-refractivity contribution in [2.24, 2.45) is 11.5 Å². The molecule has 1 heterocycles. The van der Waals surface area contributed by atoms with Crippen molar-refractivity contribution in [1.29, 1.82) is 0 Å². The first-order valence-corrected chi connectivity index (χ1v) is 5.71. The molecule has 1 rings (SSSR count). The van der Waals surface area contributed by atoms with Gasteiger partial charge in [0.15, 0.2) is 0 Å². The van der Waals surface area contributed by atoms with Crippen molar-refractivity contribution in [3.8, 4) is 0 Å². The molecule has 0 unspecified atom stereocenters. The summed E-state index contributed by atoms with van der Waals surface area (Å²) in [5, 5.41) is 2.74. The van der Waals surface area contributed by atoms with E-state index in [-0.39, 0.29) is 17.6 Å². The van der Waals surface area contributed by atoms with E-state index in [1.165, 1.54) is 12.1 Å². The Morgan fingerprint density at radius 3 is 2.61 bits per heavy atom. The molecule has 0 aliphatic carbocycles. The van der Waals surface area contributed by atoms with Crippen LogP contribution in [0.1, 0.15) is 40.7 Å². The summed E-state index contributed by atoms with van der Waals surface area (Å²) in [5.41, 5.74) is 10.8. The lowest BCUT2D eigenvalue weighted by atomic mass is 10.3. The number of H-pyrrole nitrogens is 1. The summed E-state index contributed by atoms with van der Waals surface area (Å²) in [4.78, 5) is 28.1. The van der Waals surface area contributed by atoms with Crippen LogP contribution in [-0.4, -0.2) is 29.3 Å². The Kier molecular flexibility index (Phi) is 4.91. The van der Waals surface area contributed by atoms with Crippen molar-refractivity contribution >= 4 is 17.8 Å². The van der Waals surface area contributed by atoms with Gasteiger partial charge >= 0.3 is 11.9 Å². The molecular formula is C11H18N5O2+. The highest BCUT2D eigenvalue weighted by atomic mass is 16.2. The smallest absolute Gasteiger partial charge is 0.346 e. The van der Waals surface area contributed by atoms with Crippen LogP contribution in [-0.2, 0) is 0 Å². The lowest BCUT2D eigenvalue weighted by Gasteiger charge is -2.01. The SMILES string of the molecule is CCCCNC(=O)c1ccc(C(=O)[NH+]=C(N)N)[nH]1. The van der Waals surface area contributed by atoms with Gasteiger partial charge in [-0.2, -0.15) is 0 Å². The van der Waals surface area contributed by atoms with E-state index < -0.39 is 5.91 Å². The molecule has 7 heteroatoms. The van der Waals surface area contributed by atoms with Gasteiger partial charge in [0.2, 0.25) is 0 Å². The fourth-order valence-corrected chi connectivity index (χ4v) is 1.33. The number of rotatable bonds is 5. The number of aromatic nitrogens is 1. The standard InChI is InChI=1S/C11H17N5O2/c1-2-3-6-14-9(17)7-4-5-8(15-7)10(18)16-11(12)13/h4-5,15H,2-3,6H2,1H3,(H,14,17)(H4,12,13,16,18)/p+1. The maximum Gasteiger partial charge on any atom is 0.346 e. The highest BCUT2D eigenvalue weighted by Crippen LogP contribution is 2.00. The minimum Gasteiger partial charge on any atom is -0.351 e. The van der Waals surface area contributed by atoms with Gasteiger partial charge in [-0.1, -0.05) is 13.3 Å². The maximum absolute atomic E-state index is 11.6. The average Bonchev–Trinajstić information content (AvgIpc) is 2.77. The molecule has 0 saturated carbocycles. The zero-order chi connectivity index (χ0) is 13.5. The van der Waals surface area contributed by atoms with Crippen LogP contribution in [0.5, 0.6) is 0 Å². The second-order valence-electron chi connectivity index (χ2n) is 3.80. The van der Waals surface area contributed by atoms with Crippen LogP contribution in [0.15, 0.2) is 12.1 Å². The van der Waals surface area contributed by atoms with Crippen LogP contribution in [0.2, 0.25) is 0 Å². The minimum absolute atomic E-state index is 0.191. The number of nitrogens with two attached hydrogens (primary N) is 2. The van der Waals surface area contributed by atoms with E-state index >= 15 is 0 Å². The third-order valence-electron chi connectivity index (χ3n) is 2.25. The highest BCUT2D eigenvalue weighted by Gasteiger charge is 2.12. The van der Waals surface area contributed by atoms with Gasteiger partial charge in [-0.3, -0.25) is 16.3 Å². The second-order valence-corrected chi connectivity index (χ2v) is 3.80. The summed E-state index contributed by atoms with van der Waals surface area (Å²) in [5.74, 6) is -0.918. The Balaban J connectivity index is 2.65. The van der Waals surface area contributed by atoms with Gasteiger partial charge in [0.1, 0.15) is 11.4 Å². The molecule has 0 aliphatic heterocycles. The summed E-state index contributed by atoms with van der Waals surface area (Å²) in [6.45, 7) is 2.65. The minimum atomic E-state index is -0.484. The lowest BCUT2D eigenvalue weighted by Crippen LogP contribution is -2.81. The lowest BCUT2D eigenvalue weighted by molar-refractivity contribution is -0.347. The molecule has 0 aromatic carbocycles. The molecule has 7 N–H and O–H groups in total. The number of nitrogens with one attached hydrogen (secondary N) is 3. The van der Waals surface area contributed by atoms with Crippen LogP contribution in [0.25, 0.3) is 0 Å². The van der Waals surface area contributed by atoms with E-state index in [0.29, 0.717) is 12.2 Å². The topological polar surface area (TPSA) is 128 Å². The number of amides is 2. The van der Waals surface area contributed by atoms with Gasteiger partial charge in [-0.05, 0) is 18.6 Å². The predicted octanol–water partition coefficient (Wildman–Crippen LogP) is -1.96. The fraction of sp³-hybridized carbons (Fsp3) is 0.364. The summed E-state index contributed by atoms with van der Waals surface area (Å²) in [7, 11) is 0. The number of hydrogen-bond donors (Lipinski definition) is 5. The molecular weight excluding hydrogens is 234 g/mol. The van der Waals surface area contributed by atoms with Gasteiger partial charge in [0.25, 0.3) is 5.91 Å². The summed E-state index contributed by atoms with van der Waals surface area (Å²) >= 11 is 0. The van der Waals surface area contributed by atoms with E-state index in [1.807, 2.05) is 6.92 Å². The largest absolute Gasteiger partial charge is 0.351 e. The first-order chi connectivity index (χ1) is 8.54. The average molecular weight is 252 g/mol. The quantitative estimate of drug-likeness (QED) is 0.237. The number of hydrogen-bond acceptors (Lipinski definition) is 2. The molecule has 0 bridgehead atoms. The monoisotopic (exact) mass is 252 g/mol. The highest BCUT2D eigenvalue weighted by molar-refractivity contribution is 5.95. The molecule has 18 heavy (non-hydrogen) atoms. The maximum atomic E-state index is 11.6. The Hall–Kier alpha value is -2.31. The molecule has 0 aliphatic rings. The predicted molar refractivity (Wildman–Crippen MR) is 66.7 cm³/mol. The number of carbonyl (C=O) groups is 2. The number of aromatic amines is 1. The molecule has 1 aromatic rings. The third-order valence-corrected chi connectivity index (χ3v) is 2.25. The van der Waals surface area contributed by atoms with E-state index in [1.54, 1.807) is 0 Å². The molecule has 0 radical (unpaired) electrons. The molecule has 0 fully saturated rings. The molecule has 2 amide bonds. The molecule has 0 saturated heterocycles. The van der Waals surface area contributed by atoms with Crippen molar-refractivity contribution in [3.05, 3.63) is 23.5 Å². The van der Waals surface area contributed by atoms with Crippen LogP contribution in [0.3, 0.4) is 0 Å². The number of unbranched alkanes of at least 4 members (excludes halogenated alkanes) is 1. The molecule has 98 valence electrons. The van der Waals surface area contributed by atoms with E-state index in [9.17, 15) is 9.59 Å².